The molecule has 10 heteroatoms. The van der Waals surface area contributed by atoms with E-state index in [0.717, 1.165) is 35.9 Å². The molecule has 1 N–H and O–H groups in total. The topological polar surface area (TPSA) is 75.5 Å². The Labute approximate surface area is 195 Å². The van der Waals surface area contributed by atoms with E-state index in [1.54, 1.807) is 25.3 Å². The number of aromatic nitrogens is 6. The van der Waals surface area contributed by atoms with E-state index in [0.29, 0.717) is 28.2 Å². The van der Waals surface area contributed by atoms with Gasteiger partial charge in [0, 0.05) is 30.5 Å². The van der Waals surface area contributed by atoms with Gasteiger partial charge in [0.15, 0.2) is 0 Å². The summed E-state index contributed by atoms with van der Waals surface area (Å²) in [4.78, 5) is 5.68. The summed E-state index contributed by atoms with van der Waals surface area (Å²) in [6, 6.07) is 8.97. The number of benzene rings is 1. The summed E-state index contributed by atoms with van der Waals surface area (Å²) in [5, 5.41) is 16.2. The van der Waals surface area contributed by atoms with Crippen LogP contribution in [0.4, 0.5) is 13.2 Å². The number of rotatable bonds is 6. The smallest absolute Gasteiger partial charge is 0.320 e. The monoisotopic (exact) mass is 469 g/mol. The van der Waals surface area contributed by atoms with Gasteiger partial charge in [0.2, 0.25) is 0 Å². The standard InChI is InChI=1S/C24H26F3N7/c1-33(2)12-18-22-17(11-19(29-18)24(25,26)27)21(30-31-22)16-9-5-8-15(10-16)20(14-6-4-7-14)23-32-28-13-34(23)3/h5,8-11,13-14,20H,4,6-7,12H2,1-3H3,(H,30,31)/t20-/m1/s1. The second kappa shape index (κ2) is 8.50. The van der Waals surface area contributed by atoms with E-state index in [1.165, 1.54) is 6.42 Å². The first kappa shape index (κ1) is 22.5. The first-order chi connectivity index (χ1) is 16.2. The number of alkyl halides is 3. The van der Waals surface area contributed by atoms with Crippen LogP contribution in [-0.4, -0.2) is 48.9 Å². The normalized spacial score (nSPS) is 15.7. The van der Waals surface area contributed by atoms with E-state index < -0.39 is 11.9 Å². The molecule has 0 spiro atoms. The van der Waals surface area contributed by atoms with Crippen LogP contribution in [0, 0.1) is 5.92 Å². The van der Waals surface area contributed by atoms with E-state index >= 15 is 0 Å². The molecule has 0 amide bonds. The van der Waals surface area contributed by atoms with Crippen LogP contribution in [0.2, 0.25) is 0 Å². The highest BCUT2D eigenvalue weighted by atomic mass is 19.4. The van der Waals surface area contributed by atoms with Gasteiger partial charge in [0.05, 0.1) is 11.2 Å². The van der Waals surface area contributed by atoms with Gasteiger partial charge in [-0.05, 0) is 50.6 Å². The Bertz CT molecular complexity index is 1320. The predicted octanol–water partition coefficient (Wildman–Crippen LogP) is 4.77. The van der Waals surface area contributed by atoms with E-state index in [9.17, 15) is 13.2 Å². The molecule has 4 aromatic rings. The maximum Gasteiger partial charge on any atom is 0.433 e. The van der Waals surface area contributed by atoms with E-state index in [2.05, 4.69) is 31.4 Å². The summed E-state index contributed by atoms with van der Waals surface area (Å²) in [5.41, 5.74) is 2.22. The SMILES string of the molecule is CN(C)Cc1nc(C(F)(F)F)cc2c(-c3cccc([C@H](c4nncn4C)C4CCC4)c3)n[nH]c12. The second-order valence-electron chi connectivity index (χ2n) is 9.28. The summed E-state index contributed by atoms with van der Waals surface area (Å²) >= 11 is 0. The fourth-order valence-corrected chi connectivity index (χ4v) is 4.72. The Hall–Kier alpha value is -3.27. The number of aromatic amines is 1. The average molecular weight is 470 g/mol. The van der Waals surface area contributed by atoms with Gasteiger partial charge in [0.25, 0.3) is 0 Å². The second-order valence-corrected chi connectivity index (χ2v) is 9.28. The Balaban J connectivity index is 1.63. The lowest BCUT2D eigenvalue weighted by Crippen LogP contribution is -2.24. The summed E-state index contributed by atoms with van der Waals surface area (Å²) in [7, 11) is 5.52. The Morgan fingerprint density at radius 1 is 1.21 bits per heavy atom. The number of H-pyrrole nitrogens is 1. The highest BCUT2D eigenvalue weighted by Crippen LogP contribution is 2.43. The van der Waals surface area contributed by atoms with Gasteiger partial charge in [-0.15, -0.1) is 10.2 Å². The third-order valence-corrected chi connectivity index (χ3v) is 6.55. The number of halogens is 3. The van der Waals surface area contributed by atoms with Gasteiger partial charge in [-0.1, -0.05) is 24.6 Å². The maximum atomic E-state index is 13.7. The van der Waals surface area contributed by atoms with Crippen LogP contribution in [0.1, 0.15) is 48.0 Å². The van der Waals surface area contributed by atoms with Crippen molar-refractivity contribution in [2.75, 3.05) is 14.1 Å². The Morgan fingerprint density at radius 3 is 2.62 bits per heavy atom. The molecule has 1 aliphatic carbocycles. The molecule has 34 heavy (non-hydrogen) atoms. The molecule has 0 unspecified atom stereocenters. The van der Waals surface area contributed by atoms with Crippen molar-refractivity contribution in [2.45, 2.75) is 37.9 Å². The molecule has 7 nitrogen and oxygen atoms in total. The van der Waals surface area contributed by atoms with Crippen molar-refractivity contribution < 1.29 is 13.2 Å². The van der Waals surface area contributed by atoms with Gasteiger partial charge >= 0.3 is 6.18 Å². The minimum absolute atomic E-state index is 0.0723. The quantitative estimate of drug-likeness (QED) is 0.441. The van der Waals surface area contributed by atoms with Gasteiger partial charge < -0.3 is 9.47 Å². The molecule has 0 radical (unpaired) electrons. The average Bonchev–Trinajstić information content (AvgIpc) is 3.36. The molecule has 0 saturated heterocycles. The van der Waals surface area contributed by atoms with Gasteiger partial charge in [-0.2, -0.15) is 18.3 Å². The maximum absolute atomic E-state index is 13.7. The van der Waals surface area contributed by atoms with Crippen LogP contribution >= 0.6 is 0 Å². The van der Waals surface area contributed by atoms with Crippen molar-refractivity contribution >= 4 is 10.9 Å². The van der Waals surface area contributed by atoms with Crippen molar-refractivity contribution in [2.24, 2.45) is 13.0 Å². The molecule has 0 aliphatic heterocycles. The summed E-state index contributed by atoms with van der Waals surface area (Å²) in [5.74, 6) is 1.43. The van der Waals surface area contributed by atoms with E-state index in [4.69, 9.17) is 0 Å². The molecular formula is C24H26F3N7. The minimum Gasteiger partial charge on any atom is -0.320 e. The molecule has 1 aromatic carbocycles. The fourth-order valence-electron chi connectivity index (χ4n) is 4.72. The highest BCUT2D eigenvalue weighted by Gasteiger charge is 2.35. The van der Waals surface area contributed by atoms with Crippen LogP contribution < -0.4 is 0 Å². The van der Waals surface area contributed by atoms with Crippen LogP contribution in [0.15, 0.2) is 36.7 Å². The first-order valence-corrected chi connectivity index (χ1v) is 11.3. The molecule has 3 heterocycles. The molecule has 1 saturated carbocycles. The van der Waals surface area contributed by atoms with Crippen molar-refractivity contribution in [3.05, 3.63) is 59.4 Å². The third-order valence-electron chi connectivity index (χ3n) is 6.55. The van der Waals surface area contributed by atoms with Crippen molar-refractivity contribution in [1.29, 1.82) is 0 Å². The molecular weight excluding hydrogens is 443 g/mol. The van der Waals surface area contributed by atoms with E-state index in [1.807, 2.05) is 29.8 Å². The number of nitrogens with one attached hydrogen (secondary N) is 1. The fraction of sp³-hybridized carbons (Fsp3) is 0.417. The molecule has 0 bridgehead atoms. The Morgan fingerprint density at radius 2 is 2.00 bits per heavy atom. The lowest BCUT2D eigenvalue weighted by atomic mass is 9.72. The van der Waals surface area contributed by atoms with Gasteiger partial charge in [-0.25, -0.2) is 4.98 Å². The zero-order chi connectivity index (χ0) is 24.0. The summed E-state index contributed by atoms with van der Waals surface area (Å²) < 4.78 is 42.9. The highest BCUT2D eigenvalue weighted by molar-refractivity contribution is 5.94. The molecule has 178 valence electrons. The van der Waals surface area contributed by atoms with Crippen LogP contribution in [0.5, 0.6) is 0 Å². The zero-order valence-electron chi connectivity index (χ0n) is 19.3. The minimum atomic E-state index is -4.55. The largest absolute Gasteiger partial charge is 0.433 e. The number of hydrogen-bond donors (Lipinski definition) is 1. The number of aryl methyl sites for hydroxylation is 1. The molecule has 1 atom stereocenters. The predicted molar refractivity (Wildman–Crippen MR) is 122 cm³/mol. The number of pyridine rings is 1. The van der Waals surface area contributed by atoms with Gasteiger partial charge in [0.1, 0.15) is 23.5 Å². The molecule has 5 rings (SSSR count). The molecule has 1 fully saturated rings. The van der Waals surface area contributed by atoms with Crippen LogP contribution in [0.25, 0.3) is 22.2 Å². The lowest BCUT2D eigenvalue weighted by molar-refractivity contribution is -0.141. The van der Waals surface area contributed by atoms with E-state index in [-0.39, 0.29) is 12.5 Å². The first-order valence-electron chi connectivity index (χ1n) is 11.3. The molecule has 3 aromatic heterocycles. The summed E-state index contributed by atoms with van der Waals surface area (Å²) in [6.45, 7) is 0.262. The number of hydrogen-bond acceptors (Lipinski definition) is 5. The summed E-state index contributed by atoms with van der Waals surface area (Å²) in [6.07, 6.45) is 0.559. The van der Waals surface area contributed by atoms with Crippen molar-refractivity contribution in [3.63, 3.8) is 0 Å². The zero-order valence-corrected chi connectivity index (χ0v) is 19.3. The van der Waals surface area contributed by atoms with Crippen LogP contribution in [-0.2, 0) is 19.8 Å². The van der Waals surface area contributed by atoms with Crippen LogP contribution in [0.3, 0.4) is 0 Å². The number of fused-ring (bicyclic) bond motifs is 1. The third kappa shape index (κ3) is 4.06. The Kier molecular flexibility index (Phi) is 5.63. The molecule has 1 aliphatic rings. The van der Waals surface area contributed by atoms with Gasteiger partial charge in [-0.3, -0.25) is 5.10 Å². The lowest BCUT2D eigenvalue weighted by Gasteiger charge is -2.33. The number of nitrogens with zero attached hydrogens (tertiary/aromatic N) is 6. The van der Waals surface area contributed by atoms with Crippen molar-refractivity contribution in [1.82, 2.24) is 34.8 Å². The van der Waals surface area contributed by atoms with Crippen molar-refractivity contribution in [3.8, 4) is 11.3 Å².